The number of anilines is 2. The van der Waals surface area contributed by atoms with Crippen molar-refractivity contribution in [1.29, 1.82) is 0 Å². The second-order valence-corrected chi connectivity index (χ2v) is 9.16. The van der Waals surface area contributed by atoms with Gasteiger partial charge in [-0.25, -0.2) is 4.98 Å². The van der Waals surface area contributed by atoms with Crippen molar-refractivity contribution in [2.45, 2.75) is 12.7 Å². The number of morpholine rings is 1. The van der Waals surface area contributed by atoms with E-state index in [0.717, 1.165) is 17.2 Å². The molecule has 10 heteroatoms. The van der Waals surface area contributed by atoms with Crippen LogP contribution in [0.25, 0.3) is 11.1 Å². The molecular weight excluding hydrogens is 493 g/mol. The summed E-state index contributed by atoms with van der Waals surface area (Å²) in [5.74, 6) is 0.538. The number of benzene rings is 2. The van der Waals surface area contributed by atoms with Gasteiger partial charge < -0.3 is 19.9 Å². The molecule has 1 amide bonds. The van der Waals surface area contributed by atoms with E-state index in [1.807, 2.05) is 29.2 Å². The van der Waals surface area contributed by atoms with E-state index >= 15 is 0 Å². The first-order valence-corrected chi connectivity index (χ1v) is 12.0. The van der Waals surface area contributed by atoms with Crippen molar-refractivity contribution >= 4 is 29.0 Å². The van der Waals surface area contributed by atoms with Gasteiger partial charge in [-0.2, -0.15) is 13.2 Å². The number of rotatable bonds is 4. The Morgan fingerprint density at radius 2 is 1.86 bits per heavy atom. The molecule has 2 aliphatic heterocycles. The molecule has 6 nitrogen and oxygen atoms in total. The number of hydrogen-bond acceptors (Lipinski definition) is 5. The Bertz CT molecular complexity index is 1280. The molecule has 0 atom stereocenters. The number of carbonyl (C=O) groups excluding carboxylic acids is 1. The van der Waals surface area contributed by atoms with Crippen LogP contribution >= 0.6 is 11.6 Å². The summed E-state index contributed by atoms with van der Waals surface area (Å²) in [4.78, 5) is 21.1. The number of ether oxygens (including phenoxy) is 1. The molecule has 0 spiro atoms. The summed E-state index contributed by atoms with van der Waals surface area (Å²) >= 11 is 6.04. The van der Waals surface area contributed by atoms with E-state index in [1.54, 1.807) is 17.2 Å². The van der Waals surface area contributed by atoms with Crippen LogP contribution in [0, 0.1) is 0 Å². The Labute approximate surface area is 211 Å². The molecule has 1 aromatic heterocycles. The van der Waals surface area contributed by atoms with Crippen LogP contribution in [0.2, 0.25) is 5.02 Å². The maximum absolute atomic E-state index is 13.6. The summed E-state index contributed by atoms with van der Waals surface area (Å²) in [5.41, 5.74) is 2.22. The monoisotopic (exact) mass is 516 g/mol. The molecule has 0 unspecified atom stereocenters. The summed E-state index contributed by atoms with van der Waals surface area (Å²) in [7, 11) is 0. The molecule has 0 aliphatic carbocycles. The van der Waals surface area contributed by atoms with Crippen LogP contribution in [0.4, 0.5) is 24.7 Å². The Morgan fingerprint density at radius 1 is 1.06 bits per heavy atom. The van der Waals surface area contributed by atoms with Crippen LogP contribution in [-0.2, 0) is 17.5 Å². The molecule has 2 aliphatic rings. The molecule has 1 N–H and O–H groups in total. The first-order valence-electron chi connectivity index (χ1n) is 11.6. The van der Waals surface area contributed by atoms with E-state index < -0.39 is 11.7 Å². The Morgan fingerprint density at radius 3 is 2.64 bits per heavy atom. The van der Waals surface area contributed by atoms with Crippen LogP contribution in [0.5, 0.6) is 0 Å². The maximum Gasteiger partial charge on any atom is 0.416 e. The van der Waals surface area contributed by atoms with Gasteiger partial charge >= 0.3 is 6.18 Å². The lowest BCUT2D eigenvalue weighted by Gasteiger charge is -2.32. The van der Waals surface area contributed by atoms with E-state index in [0.29, 0.717) is 56.5 Å². The number of fused-ring (bicyclic) bond motifs is 1. The molecule has 3 aromatic rings. The number of nitrogens with zero attached hydrogens (tertiary/aromatic N) is 3. The predicted molar refractivity (Wildman–Crippen MR) is 132 cm³/mol. The van der Waals surface area contributed by atoms with Gasteiger partial charge in [0.05, 0.1) is 24.5 Å². The molecule has 188 valence electrons. The van der Waals surface area contributed by atoms with E-state index in [-0.39, 0.29) is 23.0 Å². The average molecular weight is 517 g/mol. The summed E-state index contributed by atoms with van der Waals surface area (Å²) < 4.78 is 46.2. The molecule has 36 heavy (non-hydrogen) atoms. The van der Waals surface area contributed by atoms with Crippen molar-refractivity contribution in [3.05, 3.63) is 76.4 Å². The van der Waals surface area contributed by atoms with Gasteiger partial charge in [-0.3, -0.25) is 4.79 Å². The van der Waals surface area contributed by atoms with Gasteiger partial charge in [0.25, 0.3) is 5.91 Å². The lowest BCUT2D eigenvalue weighted by molar-refractivity contribution is -0.138. The van der Waals surface area contributed by atoms with Gasteiger partial charge in [0.15, 0.2) is 0 Å². The highest BCUT2D eigenvalue weighted by Gasteiger charge is 2.34. The van der Waals surface area contributed by atoms with Gasteiger partial charge in [0.1, 0.15) is 5.82 Å². The Hall–Kier alpha value is -3.30. The number of carbonyl (C=O) groups is 1. The lowest BCUT2D eigenvalue weighted by Crippen LogP contribution is -2.40. The SMILES string of the molecule is O=C(c1cccc(-c2cnc3c(c2)N(Cc2cc(Cl)ccc2C(F)(F)F)CCN3)c1)N1CCOCC1. The Balaban J connectivity index is 1.45. The second-order valence-electron chi connectivity index (χ2n) is 8.72. The maximum atomic E-state index is 13.6. The minimum atomic E-state index is -4.48. The largest absolute Gasteiger partial charge is 0.416 e. The Kier molecular flexibility index (Phi) is 6.77. The van der Waals surface area contributed by atoms with Crippen molar-refractivity contribution in [2.24, 2.45) is 0 Å². The zero-order valence-corrected chi connectivity index (χ0v) is 20.1. The van der Waals surface area contributed by atoms with Crippen molar-refractivity contribution in [3.8, 4) is 11.1 Å². The second kappa shape index (κ2) is 9.99. The molecule has 0 saturated carbocycles. The number of pyridine rings is 1. The highest BCUT2D eigenvalue weighted by Crippen LogP contribution is 2.37. The topological polar surface area (TPSA) is 57.7 Å². The quantitative estimate of drug-likeness (QED) is 0.508. The van der Waals surface area contributed by atoms with Gasteiger partial charge in [-0.05, 0) is 47.5 Å². The highest BCUT2D eigenvalue weighted by molar-refractivity contribution is 6.30. The summed E-state index contributed by atoms with van der Waals surface area (Å²) in [6.07, 6.45) is -2.78. The summed E-state index contributed by atoms with van der Waals surface area (Å²) in [5, 5.41) is 3.46. The molecule has 3 heterocycles. The molecule has 0 bridgehead atoms. The van der Waals surface area contributed by atoms with Gasteiger partial charge in [-0.15, -0.1) is 0 Å². The van der Waals surface area contributed by atoms with Gasteiger partial charge in [0, 0.05) is 55.1 Å². The summed E-state index contributed by atoms with van der Waals surface area (Å²) in [6.45, 7) is 3.21. The zero-order valence-electron chi connectivity index (χ0n) is 19.3. The van der Waals surface area contributed by atoms with E-state index in [1.165, 1.54) is 12.1 Å². The normalized spacial score (nSPS) is 15.9. The number of hydrogen-bond donors (Lipinski definition) is 1. The average Bonchev–Trinajstić information content (AvgIpc) is 2.88. The first kappa shape index (κ1) is 24.4. The third-order valence-electron chi connectivity index (χ3n) is 6.36. The number of nitrogens with one attached hydrogen (secondary N) is 1. The third kappa shape index (κ3) is 5.12. The number of amides is 1. The predicted octanol–water partition coefficient (Wildman–Crippen LogP) is 5.33. The standard InChI is InChI=1S/C26H24ClF3N4O2/c27-21-4-5-22(26(28,29)30)20(13-21)16-34-7-6-31-24-23(34)14-19(15-32-24)17-2-1-3-18(12-17)25(35)33-8-10-36-11-9-33/h1-5,12-15H,6-11,16H2,(H,31,32). The van der Waals surface area contributed by atoms with Gasteiger partial charge in [-0.1, -0.05) is 23.7 Å². The van der Waals surface area contributed by atoms with Crippen molar-refractivity contribution in [1.82, 2.24) is 9.88 Å². The number of alkyl halides is 3. The molecule has 1 fully saturated rings. The molecule has 0 radical (unpaired) electrons. The number of aromatic nitrogens is 1. The lowest BCUT2D eigenvalue weighted by atomic mass is 10.0. The smallest absolute Gasteiger partial charge is 0.378 e. The van der Waals surface area contributed by atoms with Crippen LogP contribution in [0.1, 0.15) is 21.5 Å². The molecule has 5 rings (SSSR count). The van der Waals surface area contributed by atoms with Crippen molar-refractivity contribution < 1.29 is 22.7 Å². The zero-order chi connectivity index (χ0) is 25.3. The minimum absolute atomic E-state index is 0.0325. The fraction of sp³-hybridized carbons (Fsp3) is 0.308. The van der Waals surface area contributed by atoms with Crippen LogP contribution in [-0.4, -0.2) is 55.2 Å². The fourth-order valence-electron chi connectivity index (χ4n) is 4.54. The summed E-state index contributed by atoms with van der Waals surface area (Å²) in [6, 6.07) is 12.8. The van der Waals surface area contributed by atoms with Gasteiger partial charge in [0.2, 0.25) is 0 Å². The van der Waals surface area contributed by atoms with Crippen molar-refractivity contribution in [3.63, 3.8) is 0 Å². The fourth-order valence-corrected chi connectivity index (χ4v) is 4.73. The van der Waals surface area contributed by atoms with E-state index in [2.05, 4.69) is 10.3 Å². The van der Waals surface area contributed by atoms with E-state index in [4.69, 9.17) is 16.3 Å². The molecular formula is C26H24ClF3N4O2. The van der Waals surface area contributed by atoms with E-state index in [9.17, 15) is 18.0 Å². The third-order valence-corrected chi connectivity index (χ3v) is 6.59. The first-order chi connectivity index (χ1) is 17.3. The molecule has 1 saturated heterocycles. The van der Waals surface area contributed by atoms with Crippen LogP contribution in [0.3, 0.4) is 0 Å². The number of halogens is 4. The highest BCUT2D eigenvalue weighted by atomic mass is 35.5. The van der Waals surface area contributed by atoms with Crippen molar-refractivity contribution in [2.75, 3.05) is 49.6 Å². The molecule has 2 aromatic carbocycles. The van der Waals surface area contributed by atoms with Crippen LogP contribution < -0.4 is 10.2 Å². The minimum Gasteiger partial charge on any atom is -0.378 e. The van der Waals surface area contributed by atoms with Crippen LogP contribution in [0.15, 0.2) is 54.7 Å².